The molecule has 1 aromatic carbocycles. The fourth-order valence-electron chi connectivity index (χ4n) is 1.96. The fourth-order valence-corrected chi connectivity index (χ4v) is 1.96. The third-order valence-corrected chi connectivity index (χ3v) is 2.70. The van der Waals surface area contributed by atoms with Crippen LogP contribution in [-0.4, -0.2) is 12.5 Å². The number of hydrogen-bond acceptors (Lipinski definition) is 2. The van der Waals surface area contributed by atoms with Crippen molar-refractivity contribution in [2.24, 2.45) is 5.73 Å². The van der Waals surface area contributed by atoms with Crippen molar-refractivity contribution in [2.75, 3.05) is 11.9 Å². The summed E-state index contributed by atoms with van der Waals surface area (Å²) >= 11 is 0. The summed E-state index contributed by atoms with van der Waals surface area (Å²) in [7, 11) is 0. The van der Waals surface area contributed by atoms with Gasteiger partial charge in [-0.2, -0.15) is 0 Å². The number of carbonyl (C=O) groups excluding carboxylic acids is 1. The predicted molar refractivity (Wildman–Crippen MR) is 56.2 cm³/mol. The SMILES string of the molecule is Cc1cccc2c1NC(=O)C2CCN. The highest BCUT2D eigenvalue weighted by atomic mass is 16.2. The minimum Gasteiger partial charge on any atom is -0.330 e. The molecule has 1 amide bonds. The molecule has 2 rings (SSSR count). The van der Waals surface area contributed by atoms with E-state index >= 15 is 0 Å². The van der Waals surface area contributed by atoms with E-state index in [1.54, 1.807) is 0 Å². The van der Waals surface area contributed by atoms with Crippen LogP contribution in [0.15, 0.2) is 18.2 Å². The third kappa shape index (κ3) is 1.30. The van der Waals surface area contributed by atoms with Gasteiger partial charge >= 0.3 is 0 Å². The average Bonchev–Trinajstić information content (AvgIpc) is 2.47. The zero-order valence-electron chi connectivity index (χ0n) is 8.21. The second-order valence-corrected chi connectivity index (χ2v) is 3.66. The van der Waals surface area contributed by atoms with E-state index in [2.05, 4.69) is 5.32 Å². The van der Waals surface area contributed by atoms with Crippen molar-refractivity contribution in [3.8, 4) is 0 Å². The van der Waals surface area contributed by atoms with Gasteiger partial charge in [-0.25, -0.2) is 0 Å². The molecular weight excluding hydrogens is 176 g/mol. The second kappa shape index (κ2) is 3.42. The standard InChI is InChI=1S/C11H14N2O/c1-7-3-2-4-8-9(5-6-12)11(14)13-10(7)8/h2-4,9H,5-6,12H2,1H3,(H,13,14). The largest absolute Gasteiger partial charge is 0.330 e. The molecule has 1 aromatic rings. The molecule has 3 nitrogen and oxygen atoms in total. The Labute approximate surface area is 83.3 Å². The molecule has 3 heteroatoms. The summed E-state index contributed by atoms with van der Waals surface area (Å²) in [6.07, 6.45) is 0.724. The van der Waals surface area contributed by atoms with Crippen LogP contribution in [0.25, 0.3) is 0 Å². The Hall–Kier alpha value is -1.35. The number of anilines is 1. The van der Waals surface area contributed by atoms with Crippen LogP contribution < -0.4 is 11.1 Å². The average molecular weight is 190 g/mol. The second-order valence-electron chi connectivity index (χ2n) is 3.66. The van der Waals surface area contributed by atoms with Crippen LogP contribution in [0.4, 0.5) is 5.69 Å². The van der Waals surface area contributed by atoms with Gasteiger partial charge in [-0.15, -0.1) is 0 Å². The van der Waals surface area contributed by atoms with Gasteiger partial charge in [-0.1, -0.05) is 18.2 Å². The summed E-state index contributed by atoms with van der Waals surface area (Å²) in [4.78, 5) is 11.6. The van der Waals surface area contributed by atoms with Crippen molar-refractivity contribution in [3.63, 3.8) is 0 Å². The number of fused-ring (bicyclic) bond motifs is 1. The monoisotopic (exact) mass is 190 g/mol. The van der Waals surface area contributed by atoms with E-state index in [1.807, 2.05) is 25.1 Å². The first kappa shape index (κ1) is 9.21. The summed E-state index contributed by atoms with van der Waals surface area (Å²) in [6.45, 7) is 2.55. The molecule has 74 valence electrons. The van der Waals surface area contributed by atoms with Gasteiger partial charge in [0.1, 0.15) is 0 Å². The maximum atomic E-state index is 11.6. The Morgan fingerprint density at radius 3 is 3.00 bits per heavy atom. The highest BCUT2D eigenvalue weighted by Gasteiger charge is 2.30. The molecule has 0 aliphatic carbocycles. The number of aryl methyl sites for hydroxylation is 1. The van der Waals surface area contributed by atoms with Crippen LogP contribution in [0.3, 0.4) is 0 Å². The summed E-state index contributed by atoms with van der Waals surface area (Å²) < 4.78 is 0. The lowest BCUT2D eigenvalue weighted by molar-refractivity contribution is -0.117. The van der Waals surface area contributed by atoms with Gasteiger partial charge in [0.25, 0.3) is 0 Å². The first-order valence-corrected chi connectivity index (χ1v) is 4.84. The highest BCUT2D eigenvalue weighted by Crippen LogP contribution is 2.36. The van der Waals surface area contributed by atoms with E-state index in [0.717, 1.165) is 23.2 Å². The Balaban J connectivity index is 2.42. The Kier molecular flexibility index (Phi) is 2.25. The molecule has 1 heterocycles. The Bertz CT molecular complexity index is 374. The normalized spacial score (nSPS) is 19.3. The van der Waals surface area contributed by atoms with E-state index in [4.69, 9.17) is 5.73 Å². The molecule has 0 fully saturated rings. The van der Waals surface area contributed by atoms with Crippen molar-refractivity contribution in [1.82, 2.24) is 0 Å². The first-order chi connectivity index (χ1) is 6.74. The van der Waals surface area contributed by atoms with Gasteiger partial charge in [0.05, 0.1) is 5.92 Å². The van der Waals surface area contributed by atoms with Crippen LogP contribution in [-0.2, 0) is 4.79 Å². The Morgan fingerprint density at radius 2 is 2.29 bits per heavy atom. The number of amides is 1. The molecule has 0 radical (unpaired) electrons. The van der Waals surface area contributed by atoms with Crippen LogP contribution in [0.5, 0.6) is 0 Å². The van der Waals surface area contributed by atoms with Crippen molar-refractivity contribution in [2.45, 2.75) is 19.3 Å². The molecule has 0 bridgehead atoms. The van der Waals surface area contributed by atoms with Crippen molar-refractivity contribution in [1.29, 1.82) is 0 Å². The summed E-state index contributed by atoms with van der Waals surface area (Å²) in [5, 5.41) is 2.91. The smallest absolute Gasteiger partial charge is 0.232 e. The van der Waals surface area contributed by atoms with E-state index < -0.39 is 0 Å². The number of hydrogen-bond donors (Lipinski definition) is 2. The molecule has 0 saturated heterocycles. The van der Waals surface area contributed by atoms with Gasteiger partial charge in [0, 0.05) is 5.69 Å². The maximum Gasteiger partial charge on any atom is 0.232 e. The fraction of sp³-hybridized carbons (Fsp3) is 0.364. The molecule has 1 unspecified atom stereocenters. The van der Waals surface area contributed by atoms with Gasteiger partial charge in [-0.3, -0.25) is 4.79 Å². The molecule has 14 heavy (non-hydrogen) atoms. The molecule has 3 N–H and O–H groups in total. The van der Waals surface area contributed by atoms with Gasteiger partial charge in [-0.05, 0) is 31.0 Å². The maximum absolute atomic E-state index is 11.6. The van der Waals surface area contributed by atoms with E-state index in [9.17, 15) is 4.79 Å². The van der Waals surface area contributed by atoms with E-state index in [-0.39, 0.29) is 11.8 Å². The molecule has 1 aliphatic rings. The summed E-state index contributed by atoms with van der Waals surface area (Å²) in [5.74, 6) is 0.0367. The number of carbonyl (C=O) groups is 1. The van der Waals surface area contributed by atoms with Crippen LogP contribution in [0.2, 0.25) is 0 Å². The summed E-state index contributed by atoms with van der Waals surface area (Å²) in [5.41, 5.74) is 8.69. The quantitative estimate of drug-likeness (QED) is 0.740. The van der Waals surface area contributed by atoms with Crippen LogP contribution >= 0.6 is 0 Å². The molecule has 0 aromatic heterocycles. The van der Waals surface area contributed by atoms with E-state index in [0.29, 0.717) is 6.54 Å². The topological polar surface area (TPSA) is 55.1 Å². The lowest BCUT2D eigenvalue weighted by Crippen LogP contribution is -2.15. The first-order valence-electron chi connectivity index (χ1n) is 4.84. The van der Waals surface area contributed by atoms with Crippen molar-refractivity contribution in [3.05, 3.63) is 29.3 Å². The third-order valence-electron chi connectivity index (χ3n) is 2.70. The molecule has 1 atom stereocenters. The predicted octanol–water partition coefficient (Wildman–Crippen LogP) is 1.38. The van der Waals surface area contributed by atoms with Crippen molar-refractivity contribution >= 4 is 11.6 Å². The van der Waals surface area contributed by atoms with Crippen LogP contribution in [0, 0.1) is 6.92 Å². The molecule has 1 aliphatic heterocycles. The lowest BCUT2D eigenvalue weighted by atomic mass is 9.96. The number of rotatable bonds is 2. The minimum absolute atomic E-state index is 0.0464. The zero-order chi connectivity index (χ0) is 10.1. The lowest BCUT2D eigenvalue weighted by Gasteiger charge is -2.06. The van der Waals surface area contributed by atoms with Gasteiger partial charge < -0.3 is 11.1 Å². The molecule has 0 saturated carbocycles. The molecule has 0 spiro atoms. The number of nitrogens with two attached hydrogens (primary N) is 1. The Morgan fingerprint density at radius 1 is 1.50 bits per heavy atom. The number of para-hydroxylation sites is 1. The highest BCUT2D eigenvalue weighted by molar-refractivity contribution is 6.03. The van der Waals surface area contributed by atoms with Crippen molar-refractivity contribution < 1.29 is 4.79 Å². The van der Waals surface area contributed by atoms with E-state index in [1.165, 1.54) is 0 Å². The van der Waals surface area contributed by atoms with Crippen LogP contribution in [0.1, 0.15) is 23.5 Å². The summed E-state index contributed by atoms with van der Waals surface area (Å²) in [6, 6.07) is 5.99. The number of benzene rings is 1. The van der Waals surface area contributed by atoms with Gasteiger partial charge in [0.2, 0.25) is 5.91 Å². The minimum atomic E-state index is -0.0464. The zero-order valence-corrected chi connectivity index (χ0v) is 8.21. The number of nitrogens with one attached hydrogen (secondary N) is 1. The molecular formula is C11H14N2O. The van der Waals surface area contributed by atoms with Gasteiger partial charge in [0.15, 0.2) is 0 Å².